The second-order valence-electron chi connectivity index (χ2n) is 6.41. The lowest BCUT2D eigenvalue weighted by atomic mass is 9.79. The minimum Gasteiger partial charge on any atom is -0.497 e. The molecule has 26 heavy (non-hydrogen) atoms. The molecule has 1 aliphatic rings. The Labute approximate surface area is 156 Å². The van der Waals surface area contributed by atoms with Gasteiger partial charge in [0, 0.05) is 6.54 Å². The summed E-state index contributed by atoms with van der Waals surface area (Å²) in [6.45, 7) is 0.305. The van der Waals surface area contributed by atoms with E-state index in [4.69, 9.17) is 4.74 Å². The van der Waals surface area contributed by atoms with Crippen molar-refractivity contribution in [2.75, 3.05) is 13.7 Å². The lowest BCUT2D eigenvalue weighted by molar-refractivity contribution is -0.140. The SMILES string of the molecule is COc1ccc2c(c1)CCCC2(O)CNC(=O)C(=O)NCc1ccsc1. The topological polar surface area (TPSA) is 87.7 Å². The number of aliphatic hydroxyl groups is 1. The van der Waals surface area contributed by atoms with Gasteiger partial charge < -0.3 is 20.5 Å². The van der Waals surface area contributed by atoms with Gasteiger partial charge in [-0.15, -0.1) is 0 Å². The van der Waals surface area contributed by atoms with E-state index in [1.165, 1.54) is 11.3 Å². The number of carbonyl (C=O) groups is 2. The van der Waals surface area contributed by atoms with Crippen molar-refractivity contribution >= 4 is 23.2 Å². The Morgan fingerprint density at radius 1 is 1.27 bits per heavy atom. The van der Waals surface area contributed by atoms with E-state index in [1.54, 1.807) is 13.2 Å². The highest BCUT2D eigenvalue weighted by Crippen LogP contribution is 2.36. The maximum absolute atomic E-state index is 12.0. The van der Waals surface area contributed by atoms with Crippen LogP contribution in [0.15, 0.2) is 35.0 Å². The Hall–Kier alpha value is -2.38. The lowest BCUT2D eigenvalue weighted by Gasteiger charge is -2.34. The number of hydrogen-bond donors (Lipinski definition) is 3. The fraction of sp³-hybridized carbons (Fsp3) is 0.368. The number of nitrogens with one attached hydrogen (secondary N) is 2. The van der Waals surface area contributed by atoms with E-state index in [2.05, 4.69) is 10.6 Å². The summed E-state index contributed by atoms with van der Waals surface area (Å²) < 4.78 is 5.23. The number of methoxy groups -OCH3 is 1. The Morgan fingerprint density at radius 3 is 2.81 bits per heavy atom. The molecule has 1 aromatic heterocycles. The molecule has 1 atom stereocenters. The number of benzene rings is 1. The van der Waals surface area contributed by atoms with Gasteiger partial charge in [-0.1, -0.05) is 6.07 Å². The van der Waals surface area contributed by atoms with Crippen LogP contribution in [0.25, 0.3) is 0 Å². The van der Waals surface area contributed by atoms with Crippen LogP contribution in [0, 0.1) is 0 Å². The minimum absolute atomic E-state index is 0.00294. The fourth-order valence-corrected chi connectivity index (χ4v) is 3.88. The molecule has 0 spiro atoms. The van der Waals surface area contributed by atoms with Crippen LogP contribution in [0.2, 0.25) is 0 Å². The average molecular weight is 374 g/mol. The van der Waals surface area contributed by atoms with Crippen LogP contribution < -0.4 is 15.4 Å². The second kappa shape index (κ2) is 7.88. The first-order valence-corrected chi connectivity index (χ1v) is 9.43. The highest BCUT2D eigenvalue weighted by Gasteiger charge is 2.35. The van der Waals surface area contributed by atoms with Gasteiger partial charge in [0.25, 0.3) is 0 Å². The number of rotatable bonds is 5. The predicted octanol–water partition coefficient (Wildman–Crippen LogP) is 1.71. The molecule has 0 bridgehead atoms. The molecule has 7 heteroatoms. The molecular weight excluding hydrogens is 352 g/mol. The van der Waals surface area contributed by atoms with Crippen LogP contribution in [0.4, 0.5) is 0 Å². The standard InChI is InChI=1S/C19H22N2O4S/c1-25-15-4-5-16-14(9-15)3-2-7-19(16,24)12-21-18(23)17(22)20-10-13-6-8-26-11-13/h4-6,8-9,11,24H,2-3,7,10,12H2,1H3,(H,20,22)(H,21,23). The molecule has 3 rings (SSSR count). The first-order valence-electron chi connectivity index (χ1n) is 8.49. The Kier molecular flexibility index (Phi) is 5.58. The molecule has 138 valence electrons. The van der Waals surface area contributed by atoms with Crippen LogP contribution >= 0.6 is 11.3 Å². The van der Waals surface area contributed by atoms with Crippen LogP contribution in [0.1, 0.15) is 29.5 Å². The molecule has 0 saturated carbocycles. The molecule has 6 nitrogen and oxygen atoms in total. The number of amides is 2. The lowest BCUT2D eigenvalue weighted by Crippen LogP contribution is -2.47. The van der Waals surface area contributed by atoms with Crippen molar-refractivity contribution in [1.82, 2.24) is 10.6 Å². The Morgan fingerprint density at radius 2 is 2.08 bits per heavy atom. The van der Waals surface area contributed by atoms with Gasteiger partial charge >= 0.3 is 11.8 Å². The van der Waals surface area contributed by atoms with E-state index in [9.17, 15) is 14.7 Å². The quantitative estimate of drug-likeness (QED) is 0.696. The molecule has 3 N–H and O–H groups in total. The zero-order valence-corrected chi connectivity index (χ0v) is 15.4. The largest absolute Gasteiger partial charge is 0.497 e. The van der Waals surface area contributed by atoms with E-state index in [1.807, 2.05) is 29.0 Å². The van der Waals surface area contributed by atoms with Gasteiger partial charge in [0.2, 0.25) is 0 Å². The third-order valence-corrected chi connectivity index (χ3v) is 5.36. The summed E-state index contributed by atoms with van der Waals surface area (Å²) in [5, 5.41) is 20.0. The predicted molar refractivity (Wildman–Crippen MR) is 99.0 cm³/mol. The molecule has 1 heterocycles. The summed E-state index contributed by atoms with van der Waals surface area (Å²) in [5.74, 6) is -0.704. The van der Waals surface area contributed by atoms with E-state index < -0.39 is 17.4 Å². The van der Waals surface area contributed by atoms with Gasteiger partial charge in [-0.25, -0.2) is 0 Å². The van der Waals surface area contributed by atoms with Gasteiger partial charge in [-0.2, -0.15) is 11.3 Å². The first kappa shape index (κ1) is 18.4. The molecule has 1 aromatic carbocycles. The molecule has 1 unspecified atom stereocenters. The summed E-state index contributed by atoms with van der Waals surface area (Å²) in [5.41, 5.74) is 1.56. The Balaban J connectivity index is 1.60. The number of aryl methyl sites for hydroxylation is 1. The summed E-state index contributed by atoms with van der Waals surface area (Å²) in [6, 6.07) is 7.42. The first-order chi connectivity index (χ1) is 12.5. The van der Waals surface area contributed by atoms with Crippen molar-refractivity contribution in [2.24, 2.45) is 0 Å². The van der Waals surface area contributed by atoms with Crippen molar-refractivity contribution in [3.05, 3.63) is 51.7 Å². The maximum atomic E-state index is 12.0. The van der Waals surface area contributed by atoms with Crippen LogP contribution in [-0.2, 0) is 28.2 Å². The summed E-state index contributed by atoms with van der Waals surface area (Å²) >= 11 is 1.53. The van der Waals surface area contributed by atoms with Gasteiger partial charge in [0.05, 0.1) is 13.7 Å². The maximum Gasteiger partial charge on any atom is 0.309 e. The van der Waals surface area contributed by atoms with E-state index in [0.717, 1.165) is 35.3 Å². The number of ether oxygens (including phenoxy) is 1. The molecule has 0 radical (unpaired) electrons. The van der Waals surface area contributed by atoms with Gasteiger partial charge in [-0.3, -0.25) is 9.59 Å². The van der Waals surface area contributed by atoms with Crippen molar-refractivity contribution < 1.29 is 19.4 Å². The molecule has 0 fully saturated rings. The van der Waals surface area contributed by atoms with Gasteiger partial charge in [0.15, 0.2) is 0 Å². The van der Waals surface area contributed by atoms with Crippen LogP contribution in [0.3, 0.4) is 0 Å². The molecule has 2 amide bonds. The van der Waals surface area contributed by atoms with E-state index in [0.29, 0.717) is 13.0 Å². The number of hydrogen-bond acceptors (Lipinski definition) is 5. The van der Waals surface area contributed by atoms with Gasteiger partial charge in [0.1, 0.15) is 11.4 Å². The molecule has 2 aromatic rings. The summed E-state index contributed by atoms with van der Waals surface area (Å²) in [4.78, 5) is 24.0. The fourth-order valence-electron chi connectivity index (χ4n) is 3.21. The van der Waals surface area contributed by atoms with Crippen molar-refractivity contribution in [1.29, 1.82) is 0 Å². The monoisotopic (exact) mass is 374 g/mol. The number of thiophene rings is 1. The second-order valence-corrected chi connectivity index (χ2v) is 7.19. The molecule has 0 saturated heterocycles. The number of fused-ring (bicyclic) bond motifs is 1. The highest BCUT2D eigenvalue weighted by molar-refractivity contribution is 7.07. The minimum atomic E-state index is -1.18. The molecular formula is C19H22N2O4S. The average Bonchev–Trinajstić information content (AvgIpc) is 3.17. The number of carbonyl (C=O) groups excluding carboxylic acids is 2. The third kappa shape index (κ3) is 4.05. The van der Waals surface area contributed by atoms with Crippen molar-refractivity contribution in [3.8, 4) is 5.75 Å². The van der Waals surface area contributed by atoms with Crippen LogP contribution in [-0.4, -0.2) is 30.6 Å². The molecule has 1 aliphatic carbocycles. The van der Waals surface area contributed by atoms with E-state index in [-0.39, 0.29) is 6.54 Å². The van der Waals surface area contributed by atoms with Crippen molar-refractivity contribution in [3.63, 3.8) is 0 Å². The smallest absolute Gasteiger partial charge is 0.309 e. The van der Waals surface area contributed by atoms with Crippen molar-refractivity contribution in [2.45, 2.75) is 31.4 Å². The zero-order valence-electron chi connectivity index (χ0n) is 14.6. The summed E-state index contributed by atoms with van der Waals surface area (Å²) in [6.07, 6.45) is 2.18. The molecule has 0 aliphatic heterocycles. The zero-order chi connectivity index (χ0) is 18.6. The van der Waals surface area contributed by atoms with Gasteiger partial charge in [-0.05, 0) is 64.9 Å². The summed E-state index contributed by atoms with van der Waals surface area (Å²) in [7, 11) is 1.60. The van der Waals surface area contributed by atoms with Crippen LogP contribution in [0.5, 0.6) is 5.75 Å². The highest BCUT2D eigenvalue weighted by atomic mass is 32.1. The Bertz CT molecular complexity index is 791. The third-order valence-electron chi connectivity index (χ3n) is 4.63. The van der Waals surface area contributed by atoms with E-state index >= 15 is 0 Å². The normalized spacial score (nSPS) is 18.7.